The van der Waals surface area contributed by atoms with Gasteiger partial charge in [0.25, 0.3) is 0 Å². The molecular formula is C14H16F2N2O2. The second-order valence-corrected chi connectivity index (χ2v) is 4.61. The standard InChI is InChI=1S/C14H16F2N2O2/c1-8(2)5-12(14(17)20)18-13(19)7-9-3-4-10(15)11(16)6-9/h3-4,6,12H,1,5,7H2,2H3,(H2,17,20)(H,18,19)/t12-/m1/s1. The van der Waals surface area contributed by atoms with Crippen LogP contribution in [-0.4, -0.2) is 17.9 Å². The minimum Gasteiger partial charge on any atom is -0.368 e. The Morgan fingerprint density at radius 1 is 1.35 bits per heavy atom. The summed E-state index contributed by atoms with van der Waals surface area (Å²) in [7, 11) is 0. The number of amides is 2. The van der Waals surface area contributed by atoms with Gasteiger partial charge in [0.2, 0.25) is 11.8 Å². The van der Waals surface area contributed by atoms with Crippen molar-refractivity contribution in [3.05, 3.63) is 47.5 Å². The molecule has 1 atom stereocenters. The van der Waals surface area contributed by atoms with Crippen LogP contribution in [0.1, 0.15) is 18.9 Å². The van der Waals surface area contributed by atoms with Gasteiger partial charge in [-0.25, -0.2) is 8.78 Å². The second kappa shape index (κ2) is 6.79. The summed E-state index contributed by atoms with van der Waals surface area (Å²) in [6, 6.07) is 2.32. The Labute approximate surface area is 115 Å². The number of carbonyl (C=O) groups is 2. The zero-order valence-electron chi connectivity index (χ0n) is 11.1. The van der Waals surface area contributed by atoms with Crippen LogP contribution >= 0.6 is 0 Å². The first-order valence-corrected chi connectivity index (χ1v) is 5.96. The van der Waals surface area contributed by atoms with Crippen LogP contribution in [0, 0.1) is 11.6 Å². The maximum absolute atomic E-state index is 13.0. The largest absolute Gasteiger partial charge is 0.368 e. The summed E-state index contributed by atoms with van der Waals surface area (Å²) in [5.41, 5.74) is 6.17. The van der Waals surface area contributed by atoms with Gasteiger partial charge in [0.05, 0.1) is 6.42 Å². The fraction of sp³-hybridized carbons (Fsp3) is 0.286. The molecule has 108 valence electrons. The van der Waals surface area contributed by atoms with E-state index in [9.17, 15) is 18.4 Å². The monoisotopic (exact) mass is 282 g/mol. The van der Waals surface area contributed by atoms with Crippen LogP contribution in [0.5, 0.6) is 0 Å². The molecule has 2 amide bonds. The highest BCUT2D eigenvalue weighted by Crippen LogP contribution is 2.09. The van der Waals surface area contributed by atoms with Gasteiger partial charge in [-0.2, -0.15) is 0 Å². The lowest BCUT2D eigenvalue weighted by molar-refractivity contribution is -0.126. The number of halogens is 2. The molecule has 0 heterocycles. The van der Waals surface area contributed by atoms with Crippen LogP contribution in [0.25, 0.3) is 0 Å². The predicted molar refractivity (Wildman–Crippen MR) is 70.6 cm³/mol. The zero-order chi connectivity index (χ0) is 15.3. The number of nitrogens with one attached hydrogen (secondary N) is 1. The highest BCUT2D eigenvalue weighted by atomic mass is 19.2. The van der Waals surface area contributed by atoms with Crippen LogP contribution in [0.3, 0.4) is 0 Å². The van der Waals surface area contributed by atoms with Crippen molar-refractivity contribution in [3.63, 3.8) is 0 Å². The topological polar surface area (TPSA) is 72.2 Å². The molecule has 1 aromatic rings. The first-order chi connectivity index (χ1) is 9.29. The normalized spacial score (nSPS) is 11.8. The molecule has 0 unspecified atom stereocenters. The van der Waals surface area contributed by atoms with E-state index in [1.165, 1.54) is 6.07 Å². The van der Waals surface area contributed by atoms with E-state index in [-0.39, 0.29) is 12.8 Å². The summed E-state index contributed by atoms with van der Waals surface area (Å²) in [6.45, 7) is 5.35. The lowest BCUT2D eigenvalue weighted by Gasteiger charge is -2.15. The lowest BCUT2D eigenvalue weighted by Crippen LogP contribution is -2.45. The van der Waals surface area contributed by atoms with Gasteiger partial charge in [0, 0.05) is 0 Å². The third kappa shape index (κ3) is 4.79. The van der Waals surface area contributed by atoms with E-state index in [1.807, 2.05) is 0 Å². The summed E-state index contributed by atoms with van der Waals surface area (Å²) in [5.74, 6) is -3.18. The Morgan fingerprint density at radius 2 is 2.00 bits per heavy atom. The molecule has 0 aliphatic rings. The molecule has 0 aliphatic carbocycles. The van der Waals surface area contributed by atoms with E-state index >= 15 is 0 Å². The van der Waals surface area contributed by atoms with Crippen molar-refractivity contribution in [2.45, 2.75) is 25.8 Å². The smallest absolute Gasteiger partial charge is 0.240 e. The molecule has 1 aromatic carbocycles. The first kappa shape index (κ1) is 15.8. The third-order valence-electron chi connectivity index (χ3n) is 2.58. The Balaban J connectivity index is 2.67. The molecule has 4 nitrogen and oxygen atoms in total. The van der Waals surface area contributed by atoms with E-state index < -0.39 is 29.5 Å². The number of hydrogen-bond donors (Lipinski definition) is 2. The van der Waals surface area contributed by atoms with Gasteiger partial charge in [-0.1, -0.05) is 11.6 Å². The van der Waals surface area contributed by atoms with Gasteiger partial charge in [-0.05, 0) is 31.0 Å². The first-order valence-electron chi connectivity index (χ1n) is 5.96. The maximum Gasteiger partial charge on any atom is 0.240 e. The van der Waals surface area contributed by atoms with Crippen molar-refractivity contribution in [2.75, 3.05) is 0 Å². The van der Waals surface area contributed by atoms with Gasteiger partial charge in [-0.3, -0.25) is 9.59 Å². The van der Waals surface area contributed by atoms with Crippen LogP contribution in [0.2, 0.25) is 0 Å². The number of benzene rings is 1. The Hall–Kier alpha value is -2.24. The number of nitrogens with two attached hydrogens (primary N) is 1. The van der Waals surface area contributed by atoms with Crippen molar-refractivity contribution in [2.24, 2.45) is 5.73 Å². The van der Waals surface area contributed by atoms with Crippen molar-refractivity contribution < 1.29 is 18.4 Å². The van der Waals surface area contributed by atoms with Crippen molar-refractivity contribution in [3.8, 4) is 0 Å². The molecule has 1 rings (SSSR count). The van der Waals surface area contributed by atoms with Crippen molar-refractivity contribution >= 4 is 11.8 Å². The Kier molecular flexibility index (Phi) is 5.37. The number of hydrogen-bond acceptors (Lipinski definition) is 2. The SMILES string of the molecule is C=C(C)C[C@@H](NC(=O)Cc1ccc(F)c(F)c1)C(N)=O. The van der Waals surface area contributed by atoms with E-state index in [2.05, 4.69) is 11.9 Å². The molecule has 0 bridgehead atoms. The van der Waals surface area contributed by atoms with E-state index in [0.717, 1.165) is 12.1 Å². The highest BCUT2D eigenvalue weighted by molar-refractivity contribution is 5.87. The highest BCUT2D eigenvalue weighted by Gasteiger charge is 2.18. The van der Waals surface area contributed by atoms with E-state index in [1.54, 1.807) is 6.92 Å². The average Bonchev–Trinajstić information content (AvgIpc) is 2.32. The average molecular weight is 282 g/mol. The molecule has 0 aliphatic heterocycles. The summed E-state index contributed by atoms with van der Waals surface area (Å²) in [6.07, 6.45) is 0.0655. The maximum atomic E-state index is 13.0. The van der Waals surface area contributed by atoms with Crippen LogP contribution in [0.15, 0.2) is 30.4 Å². The molecule has 0 fully saturated rings. The molecule has 0 spiro atoms. The van der Waals surface area contributed by atoms with Gasteiger partial charge in [0.15, 0.2) is 11.6 Å². The van der Waals surface area contributed by atoms with Crippen molar-refractivity contribution in [1.29, 1.82) is 0 Å². The van der Waals surface area contributed by atoms with Crippen molar-refractivity contribution in [1.82, 2.24) is 5.32 Å². The molecule has 0 saturated heterocycles. The minimum atomic E-state index is -1.02. The van der Waals surface area contributed by atoms with Gasteiger partial charge >= 0.3 is 0 Å². The van der Waals surface area contributed by atoms with Gasteiger partial charge < -0.3 is 11.1 Å². The van der Waals surface area contributed by atoms with E-state index in [0.29, 0.717) is 11.1 Å². The summed E-state index contributed by atoms with van der Waals surface area (Å²) in [4.78, 5) is 22.9. The number of primary amides is 1. The Morgan fingerprint density at radius 3 is 2.50 bits per heavy atom. The summed E-state index contributed by atoms with van der Waals surface area (Å²) in [5, 5.41) is 2.44. The predicted octanol–water partition coefficient (Wildman–Crippen LogP) is 1.44. The molecule has 3 N–H and O–H groups in total. The number of rotatable bonds is 6. The van der Waals surface area contributed by atoms with Gasteiger partial charge in [-0.15, -0.1) is 6.58 Å². The Bertz CT molecular complexity index is 544. The molecule has 6 heteroatoms. The molecule has 20 heavy (non-hydrogen) atoms. The molecule has 0 saturated carbocycles. The van der Waals surface area contributed by atoms with Gasteiger partial charge in [0.1, 0.15) is 6.04 Å². The van der Waals surface area contributed by atoms with Crippen LogP contribution in [-0.2, 0) is 16.0 Å². The molecule has 0 radical (unpaired) electrons. The van der Waals surface area contributed by atoms with Crippen LogP contribution in [0.4, 0.5) is 8.78 Å². The lowest BCUT2D eigenvalue weighted by atomic mass is 10.1. The third-order valence-corrected chi connectivity index (χ3v) is 2.58. The number of carbonyl (C=O) groups excluding carboxylic acids is 2. The summed E-state index contributed by atoms with van der Waals surface area (Å²) >= 11 is 0. The zero-order valence-corrected chi connectivity index (χ0v) is 11.1. The fourth-order valence-corrected chi connectivity index (χ4v) is 1.65. The fourth-order valence-electron chi connectivity index (χ4n) is 1.65. The second-order valence-electron chi connectivity index (χ2n) is 4.61. The summed E-state index contributed by atoms with van der Waals surface area (Å²) < 4.78 is 25.7. The quantitative estimate of drug-likeness (QED) is 0.775. The van der Waals surface area contributed by atoms with E-state index in [4.69, 9.17) is 5.73 Å². The minimum absolute atomic E-state index is 0.169. The molecule has 0 aromatic heterocycles. The molecular weight excluding hydrogens is 266 g/mol. The van der Waals surface area contributed by atoms with Crippen LogP contribution < -0.4 is 11.1 Å².